The van der Waals surface area contributed by atoms with Gasteiger partial charge in [0.25, 0.3) is 0 Å². The second kappa shape index (κ2) is 5.11. The van der Waals surface area contributed by atoms with Crippen molar-refractivity contribution in [3.8, 4) is 0 Å². The summed E-state index contributed by atoms with van der Waals surface area (Å²) in [6, 6.07) is 0. The Kier molecular flexibility index (Phi) is 5.29. The van der Waals surface area contributed by atoms with Crippen molar-refractivity contribution in [1.29, 1.82) is 0 Å². The quantitative estimate of drug-likeness (QED) is 0.731. The van der Waals surface area contributed by atoms with Crippen LogP contribution < -0.4 is 0 Å². The van der Waals surface area contributed by atoms with Gasteiger partial charge in [-0.05, 0) is 18.8 Å². The van der Waals surface area contributed by atoms with Crippen LogP contribution in [-0.4, -0.2) is 38.4 Å². The van der Waals surface area contributed by atoms with Gasteiger partial charge in [0.05, 0.1) is 5.92 Å². The Hall–Kier alpha value is 0.392. The second-order valence-corrected chi connectivity index (χ2v) is 3.21. The van der Waals surface area contributed by atoms with Crippen LogP contribution in [0.25, 0.3) is 0 Å². The first kappa shape index (κ1) is 11.4. The van der Waals surface area contributed by atoms with Gasteiger partial charge in [0, 0.05) is 27.3 Å². The van der Waals surface area contributed by atoms with Crippen LogP contribution in [0.4, 0.5) is 0 Å². The van der Waals surface area contributed by atoms with E-state index in [0.717, 1.165) is 19.3 Å². The van der Waals surface area contributed by atoms with E-state index >= 15 is 0 Å². The molecule has 2 atom stereocenters. The van der Waals surface area contributed by atoms with Crippen molar-refractivity contribution in [1.82, 2.24) is 0 Å². The van der Waals surface area contributed by atoms with Crippen LogP contribution in [0.3, 0.4) is 0 Å². The van der Waals surface area contributed by atoms with E-state index in [9.17, 15) is 4.79 Å². The second-order valence-electron chi connectivity index (χ2n) is 3.21. The van der Waals surface area contributed by atoms with Crippen molar-refractivity contribution < 1.29 is 9.90 Å². The zero-order valence-electron chi connectivity index (χ0n) is 6.92. The molecule has 1 fully saturated rings. The fourth-order valence-corrected chi connectivity index (χ4v) is 1.68. The molecule has 1 radical (unpaired) electrons. The van der Waals surface area contributed by atoms with Crippen LogP contribution in [0.5, 0.6) is 0 Å². The molecule has 2 unspecified atom stereocenters. The van der Waals surface area contributed by atoms with Crippen LogP contribution in [0.2, 0.25) is 0 Å². The Morgan fingerprint density at radius 2 is 1.91 bits per heavy atom. The van der Waals surface area contributed by atoms with Crippen LogP contribution in [0, 0.1) is 11.8 Å². The van der Waals surface area contributed by atoms with Gasteiger partial charge in [-0.2, -0.15) is 0 Å². The molecular weight excluding hydrogens is 332 g/mol. The smallest absolute Gasteiger partial charge is 0.306 e. The number of carboxylic acid groups (broad SMARTS) is 1. The SMILES string of the molecule is CC1CCCCC1C(=O)O.[Tl]. The summed E-state index contributed by atoms with van der Waals surface area (Å²) in [7, 11) is 0. The minimum Gasteiger partial charge on any atom is -0.481 e. The molecule has 0 bridgehead atoms. The molecule has 0 spiro atoms. The molecule has 0 aliphatic heterocycles. The molecule has 61 valence electrons. The molecule has 1 aliphatic carbocycles. The molecule has 0 amide bonds. The molecule has 1 aliphatic rings. The van der Waals surface area contributed by atoms with Gasteiger partial charge in [-0.15, -0.1) is 0 Å². The topological polar surface area (TPSA) is 37.3 Å². The number of hydrogen-bond donors (Lipinski definition) is 1. The summed E-state index contributed by atoms with van der Waals surface area (Å²) in [5.74, 6) is -0.271. The van der Waals surface area contributed by atoms with Crippen LogP contribution in [0.1, 0.15) is 32.6 Å². The fraction of sp³-hybridized carbons (Fsp3) is 0.875. The predicted octanol–water partition coefficient (Wildman–Crippen LogP) is 1.52. The Bertz CT molecular complexity index is 136. The van der Waals surface area contributed by atoms with E-state index in [1.165, 1.54) is 6.42 Å². The Balaban J connectivity index is 0.000001000. The summed E-state index contributed by atoms with van der Waals surface area (Å²) >= 11 is 0. The Morgan fingerprint density at radius 1 is 1.36 bits per heavy atom. The first-order chi connectivity index (χ1) is 4.72. The van der Waals surface area contributed by atoms with Crippen molar-refractivity contribution in [3.05, 3.63) is 0 Å². The fourth-order valence-electron chi connectivity index (χ4n) is 1.68. The monoisotopic (exact) mass is 347 g/mol. The van der Waals surface area contributed by atoms with Gasteiger partial charge in [-0.25, -0.2) is 0 Å². The average Bonchev–Trinajstić information content (AvgIpc) is 1.88. The molecule has 1 saturated carbocycles. The van der Waals surface area contributed by atoms with Gasteiger partial charge in [-0.1, -0.05) is 19.8 Å². The molecule has 0 aromatic heterocycles. The maximum absolute atomic E-state index is 10.6. The van der Waals surface area contributed by atoms with E-state index in [0.29, 0.717) is 5.92 Å². The predicted molar refractivity (Wildman–Crippen MR) is 44.5 cm³/mol. The molecule has 1 N–H and O–H groups in total. The van der Waals surface area contributed by atoms with E-state index in [1.807, 2.05) is 6.92 Å². The van der Waals surface area contributed by atoms with Gasteiger partial charge in [0.1, 0.15) is 0 Å². The third kappa shape index (κ3) is 3.09. The van der Waals surface area contributed by atoms with E-state index in [-0.39, 0.29) is 33.2 Å². The number of rotatable bonds is 1. The number of hydrogen-bond acceptors (Lipinski definition) is 1. The van der Waals surface area contributed by atoms with E-state index in [2.05, 4.69) is 0 Å². The van der Waals surface area contributed by atoms with Gasteiger partial charge < -0.3 is 5.11 Å². The van der Waals surface area contributed by atoms with Crippen LogP contribution >= 0.6 is 0 Å². The molecule has 1 rings (SSSR count). The molecule has 3 heteroatoms. The van der Waals surface area contributed by atoms with Crippen molar-refractivity contribution in [2.75, 3.05) is 0 Å². The van der Waals surface area contributed by atoms with E-state index in [1.54, 1.807) is 0 Å². The Labute approximate surface area is 87.5 Å². The first-order valence-corrected chi connectivity index (χ1v) is 3.94. The number of carboxylic acids is 1. The molecule has 2 nitrogen and oxygen atoms in total. The Morgan fingerprint density at radius 3 is 2.27 bits per heavy atom. The van der Waals surface area contributed by atoms with Gasteiger partial charge in [0.2, 0.25) is 0 Å². The maximum atomic E-state index is 10.6. The normalized spacial score (nSPS) is 30.6. The molecule has 0 saturated heterocycles. The van der Waals surface area contributed by atoms with Gasteiger partial charge in [-0.3, -0.25) is 4.79 Å². The van der Waals surface area contributed by atoms with Crippen LogP contribution in [0.15, 0.2) is 0 Å². The molecule has 0 aromatic rings. The molecular formula is C8H14O2Tl. The standard InChI is InChI=1S/C8H14O2.Tl/c1-6-4-2-3-5-7(6)8(9)10;/h6-7H,2-5H2,1H3,(H,9,10);. The summed E-state index contributed by atoms with van der Waals surface area (Å²) < 4.78 is 0. The zero-order valence-corrected chi connectivity index (χ0v) is 11.4. The van der Waals surface area contributed by atoms with Crippen molar-refractivity contribution in [2.24, 2.45) is 11.8 Å². The summed E-state index contributed by atoms with van der Waals surface area (Å²) in [5, 5.41) is 8.71. The third-order valence-corrected chi connectivity index (χ3v) is 2.43. The zero-order chi connectivity index (χ0) is 7.56. The average molecular weight is 347 g/mol. The molecule has 0 heterocycles. The largest absolute Gasteiger partial charge is 0.481 e. The van der Waals surface area contributed by atoms with Crippen molar-refractivity contribution >= 4 is 33.3 Å². The van der Waals surface area contributed by atoms with E-state index in [4.69, 9.17) is 5.11 Å². The van der Waals surface area contributed by atoms with Crippen molar-refractivity contribution in [2.45, 2.75) is 32.6 Å². The summed E-state index contributed by atoms with van der Waals surface area (Å²) in [5.41, 5.74) is 0. The van der Waals surface area contributed by atoms with E-state index < -0.39 is 5.97 Å². The number of carbonyl (C=O) groups is 1. The minimum absolute atomic E-state index is 0. The molecule has 0 aromatic carbocycles. The first-order valence-electron chi connectivity index (χ1n) is 3.94. The van der Waals surface area contributed by atoms with Gasteiger partial charge >= 0.3 is 5.97 Å². The molecule has 11 heavy (non-hydrogen) atoms. The minimum atomic E-state index is -0.604. The van der Waals surface area contributed by atoms with Crippen LogP contribution in [-0.2, 0) is 4.79 Å². The summed E-state index contributed by atoms with van der Waals surface area (Å²) in [6.45, 7) is 2.04. The summed E-state index contributed by atoms with van der Waals surface area (Å²) in [6.07, 6.45) is 4.29. The summed E-state index contributed by atoms with van der Waals surface area (Å²) in [4.78, 5) is 10.6. The third-order valence-electron chi connectivity index (χ3n) is 2.43. The maximum Gasteiger partial charge on any atom is 0.306 e. The van der Waals surface area contributed by atoms with Gasteiger partial charge in [0.15, 0.2) is 0 Å². The number of aliphatic carboxylic acids is 1. The van der Waals surface area contributed by atoms with Crippen molar-refractivity contribution in [3.63, 3.8) is 0 Å².